The van der Waals surface area contributed by atoms with Crippen molar-refractivity contribution in [3.8, 4) is 0 Å². The van der Waals surface area contributed by atoms with Crippen molar-refractivity contribution in [1.82, 2.24) is 15.2 Å². The van der Waals surface area contributed by atoms with E-state index >= 15 is 0 Å². The summed E-state index contributed by atoms with van der Waals surface area (Å²) in [5, 5.41) is 3.64. The van der Waals surface area contributed by atoms with Crippen molar-refractivity contribution in [2.75, 3.05) is 19.6 Å². The number of aryl methyl sites for hydroxylation is 1. The molecule has 1 aliphatic heterocycles. The lowest BCUT2D eigenvalue weighted by Gasteiger charge is -2.36. The standard InChI is InChI=1S/C15H25N3/c1-4-13(3)15-11-18(6-5-17-15)10-14-7-12(2)8-16-9-14/h7-9,13,15,17H,4-6,10-11H2,1-3H3. The molecule has 100 valence electrons. The van der Waals surface area contributed by atoms with Crippen LogP contribution in [-0.2, 0) is 6.54 Å². The normalized spacial score (nSPS) is 22.9. The zero-order valence-electron chi connectivity index (χ0n) is 11.8. The number of hydrogen-bond acceptors (Lipinski definition) is 3. The van der Waals surface area contributed by atoms with Crippen LogP contribution >= 0.6 is 0 Å². The summed E-state index contributed by atoms with van der Waals surface area (Å²) >= 11 is 0. The number of aromatic nitrogens is 1. The summed E-state index contributed by atoms with van der Waals surface area (Å²) in [4.78, 5) is 6.82. The average Bonchev–Trinajstić information content (AvgIpc) is 2.38. The number of piperazine rings is 1. The van der Waals surface area contributed by atoms with Gasteiger partial charge in [-0.3, -0.25) is 9.88 Å². The highest BCUT2D eigenvalue weighted by atomic mass is 15.2. The van der Waals surface area contributed by atoms with Gasteiger partial charge in [0.05, 0.1) is 0 Å². The zero-order chi connectivity index (χ0) is 13.0. The lowest BCUT2D eigenvalue weighted by Crippen LogP contribution is -2.52. The zero-order valence-corrected chi connectivity index (χ0v) is 11.8. The molecule has 0 radical (unpaired) electrons. The SMILES string of the molecule is CCC(C)C1CN(Cc2cncc(C)c2)CCN1. The third-order valence-electron chi connectivity index (χ3n) is 3.96. The summed E-state index contributed by atoms with van der Waals surface area (Å²) in [5.41, 5.74) is 2.58. The van der Waals surface area contributed by atoms with E-state index in [-0.39, 0.29) is 0 Å². The molecule has 1 N–H and O–H groups in total. The number of rotatable bonds is 4. The molecule has 0 saturated carbocycles. The number of nitrogens with one attached hydrogen (secondary N) is 1. The van der Waals surface area contributed by atoms with E-state index in [4.69, 9.17) is 0 Å². The lowest BCUT2D eigenvalue weighted by molar-refractivity contribution is 0.162. The van der Waals surface area contributed by atoms with Crippen LogP contribution in [0, 0.1) is 12.8 Å². The molecule has 3 nitrogen and oxygen atoms in total. The van der Waals surface area contributed by atoms with Crippen LogP contribution in [0.25, 0.3) is 0 Å². The van der Waals surface area contributed by atoms with Crippen molar-refractivity contribution in [3.05, 3.63) is 29.6 Å². The van der Waals surface area contributed by atoms with Crippen molar-refractivity contribution >= 4 is 0 Å². The minimum absolute atomic E-state index is 0.640. The Kier molecular flexibility index (Phi) is 4.72. The first-order valence-corrected chi connectivity index (χ1v) is 7.05. The van der Waals surface area contributed by atoms with Gasteiger partial charge < -0.3 is 5.32 Å². The largest absolute Gasteiger partial charge is 0.311 e. The monoisotopic (exact) mass is 247 g/mol. The van der Waals surface area contributed by atoms with Crippen molar-refractivity contribution in [3.63, 3.8) is 0 Å². The van der Waals surface area contributed by atoms with Gasteiger partial charge in [-0.05, 0) is 24.0 Å². The molecule has 0 spiro atoms. The maximum Gasteiger partial charge on any atom is 0.0313 e. The Morgan fingerprint density at radius 1 is 1.50 bits per heavy atom. The van der Waals surface area contributed by atoms with Gasteiger partial charge in [0.2, 0.25) is 0 Å². The van der Waals surface area contributed by atoms with Gasteiger partial charge in [0.1, 0.15) is 0 Å². The van der Waals surface area contributed by atoms with Crippen LogP contribution < -0.4 is 5.32 Å². The fourth-order valence-corrected chi connectivity index (χ4v) is 2.61. The first kappa shape index (κ1) is 13.5. The smallest absolute Gasteiger partial charge is 0.0313 e. The van der Waals surface area contributed by atoms with E-state index in [1.165, 1.54) is 17.5 Å². The van der Waals surface area contributed by atoms with E-state index in [0.29, 0.717) is 6.04 Å². The average molecular weight is 247 g/mol. The molecule has 1 fully saturated rings. The molecule has 2 atom stereocenters. The molecule has 1 saturated heterocycles. The molecule has 18 heavy (non-hydrogen) atoms. The van der Waals surface area contributed by atoms with Gasteiger partial charge in [-0.15, -0.1) is 0 Å². The topological polar surface area (TPSA) is 28.2 Å². The van der Waals surface area contributed by atoms with Crippen molar-refractivity contribution in [1.29, 1.82) is 0 Å². The van der Waals surface area contributed by atoms with E-state index in [2.05, 4.69) is 42.0 Å². The van der Waals surface area contributed by atoms with E-state index in [9.17, 15) is 0 Å². The van der Waals surface area contributed by atoms with Crippen molar-refractivity contribution in [2.45, 2.75) is 39.8 Å². The summed E-state index contributed by atoms with van der Waals surface area (Å²) in [7, 11) is 0. The first-order valence-electron chi connectivity index (χ1n) is 7.05. The van der Waals surface area contributed by atoms with Crippen LogP contribution in [0.4, 0.5) is 0 Å². The predicted molar refractivity (Wildman–Crippen MR) is 75.5 cm³/mol. The van der Waals surface area contributed by atoms with Crippen LogP contribution in [0.5, 0.6) is 0 Å². The highest BCUT2D eigenvalue weighted by Gasteiger charge is 2.22. The van der Waals surface area contributed by atoms with Crippen LogP contribution in [0.1, 0.15) is 31.4 Å². The minimum atomic E-state index is 0.640. The molecule has 0 bridgehead atoms. The molecule has 0 aromatic carbocycles. The van der Waals surface area contributed by atoms with Gasteiger partial charge in [-0.1, -0.05) is 26.3 Å². The highest BCUT2D eigenvalue weighted by molar-refractivity contribution is 5.16. The second-order valence-corrected chi connectivity index (χ2v) is 5.55. The molecule has 3 heteroatoms. The maximum atomic E-state index is 4.28. The second-order valence-electron chi connectivity index (χ2n) is 5.55. The number of hydrogen-bond donors (Lipinski definition) is 1. The van der Waals surface area contributed by atoms with Gasteiger partial charge in [0, 0.05) is 44.6 Å². The van der Waals surface area contributed by atoms with Crippen molar-refractivity contribution < 1.29 is 0 Å². The summed E-state index contributed by atoms with van der Waals surface area (Å²) in [5.74, 6) is 0.753. The van der Waals surface area contributed by atoms with Gasteiger partial charge in [-0.2, -0.15) is 0 Å². The summed E-state index contributed by atoms with van der Waals surface area (Å²) in [6, 6.07) is 2.88. The maximum absolute atomic E-state index is 4.28. The van der Waals surface area contributed by atoms with E-state index < -0.39 is 0 Å². The molecule has 1 aliphatic rings. The summed E-state index contributed by atoms with van der Waals surface area (Å²) < 4.78 is 0. The Morgan fingerprint density at radius 3 is 3.06 bits per heavy atom. The minimum Gasteiger partial charge on any atom is -0.311 e. The fourth-order valence-electron chi connectivity index (χ4n) is 2.61. The Balaban J connectivity index is 1.93. The third-order valence-corrected chi connectivity index (χ3v) is 3.96. The van der Waals surface area contributed by atoms with E-state index in [1.54, 1.807) is 0 Å². The summed E-state index contributed by atoms with van der Waals surface area (Å²) in [6.45, 7) is 11.2. The Morgan fingerprint density at radius 2 is 2.33 bits per heavy atom. The molecule has 1 aromatic heterocycles. The van der Waals surface area contributed by atoms with Crippen molar-refractivity contribution in [2.24, 2.45) is 5.92 Å². The molecular weight excluding hydrogens is 222 g/mol. The van der Waals surface area contributed by atoms with Crippen LogP contribution in [-0.4, -0.2) is 35.6 Å². The van der Waals surface area contributed by atoms with Gasteiger partial charge >= 0.3 is 0 Å². The van der Waals surface area contributed by atoms with Crippen LogP contribution in [0.2, 0.25) is 0 Å². The molecule has 0 aliphatic carbocycles. The van der Waals surface area contributed by atoms with Gasteiger partial charge in [0.25, 0.3) is 0 Å². The second kappa shape index (κ2) is 6.30. The summed E-state index contributed by atoms with van der Waals surface area (Å²) in [6.07, 6.45) is 5.16. The van der Waals surface area contributed by atoms with E-state index in [0.717, 1.165) is 32.1 Å². The highest BCUT2D eigenvalue weighted by Crippen LogP contribution is 2.14. The quantitative estimate of drug-likeness (QED) is 0.884. The third kappa shape index (κ3) is 3.53. The van der Waals surface area contributed by atoms with Gasteiger partial charge in [0.15, 0.2) is 0 Å². The molecule has 2 rings (SSSR count). The molecule has 2 unspecified atom stereocenters. The molecule has 2 heterocycles. The fraction of sp³-hybridized carbons (Fsp3) is 0.667. The van der Waals surface area contributed by atoms with Crippen LogP contribution in [0.3, 0.4) is 0 Å². The van der Waals surface area contributed by atoms with E-state index in [1.807, 2.05) is 12.4 Å². The lowest BCUT2D eigenvalue weighted by atomic mass is 9.97. The predicted octanol–water partition coefficient (Wildman–Crippen LogP) is 2.21. The van der Waals surface area contributed by atoms with Gasteiger partial charge in [-0.25, -0.2) is 0 Å². The Hall–Kier alpha value is -0.930. The van der Waals surface area contributed by atoms with Crippen LogP contribution in [0.15, 0.2) is 18.5 Å². The molecular formula is C15H25N3. The number of nitrogens with zero attached hydrogens (tertiary/aromatic N) is 2. The first-order chi connectivity index (χ1) is 8.69. The number of pyridine rings is 1. The Labute approximate surface area is 111 Å². The molecule has 0 amide bonds. The Bertz CT molecular complexity index is 378. The molecule has 1 aromatic rings.